The van der Waals surface area contributed by atoms with Crippen molar-refractivity contribution >= 4 is 24.5 Å². The van der Waals surface area contributed by atoms with Crippen LogP contribution in [0.5, 0.6) is 11.5 Å². The molecule has 6 heteroatoms. The van der Waals surface area contributed by atoms with Crippen molar-refractivity contribution in [3.05, 3.63) is 41.4 Å². The van der Waals surface area contributed by atoms with Gasteiger partial charge in [0.15, 0.2) is 0 Å². The van der Waals surface area contributed by atoms with Crippen molar-refractivity contribution in [3.63, 3.8) is 0 Å². The van der Waals surface area contributed by atoms with Gasteiger partial charge in [-0.3, -0.25) is 0 Å². The Hall–Kier alpha value is -1.48. The van der Waals surface area contributed by atoms with Gasteiger partial charge in [-0.15, -0.1) is 0 Å². The molecule has 1 heterocycles. The molecular formula is C13H10ClO4P. The van der Waals surface area contributed by atoms with E-state index in [4.69, 9.17) is 20.9 Å². The summed E-state index contributed by atoms with van der Waals surface area (Å²) in [5.74, 6) is 1.01. The fourth-order valence-electron chi connectivity index (χ4n) is 2.07. The number of hydrogen-bond acceptors (Lipinski definition) is 3. The summed E-state index contributed by atoms with van der Waals surface area (Å²) in [5.41, 5.74) is 1.35. The average molecular weight is 297 g/mol. The maximum absolute atomic E-state index is 12.2. The first-order chi connectivity index (χ1) is 9.01. The van der Waals surface area contributed by atoms with Gasteiger partial charge in [-0.1, -0.05) is 17.7 Å². The molecule has 1 N–H and O–H groups in total. The minimum atomic E-state index is -3.88. The molecule has 3 rings (SSSR count). The lowest BCUT2D eigenvalue weighted by molar-refractivity contribution is 0.390. The van der Waals surface area contributed by atoms with Crippen LogP contribution in [0.3, 0.4) is 0 Å². The summed E-state index contributed by atoms with van der Waals surface area (Å²) < 4.78 is 22.5. The Morgan fingerprint density at radius 2 is 2.00 bits per heavy atom. The molecule has 0 radical (unpaired) electrons. The first-order valence-electron chi connectivity index (χ1n) is 5.52. The highest BCUT2D eigenvalue weighted by Crippen LogP contribution is 2.52. The van der Waals surface area contributed by atoms with Crippen LogP contribution in [-0.4, -0.2) is 12.0 Å². The monoisotopic (exact) mass is 296 g/mol. The van der Waals surface area contributed by atoms with Crippen LogP contribution in [0, 0.1) is 0 Å². The van der Waals surface area contributed by atoms with Crippen LogP contribution in [0.1, 0.15) is 0 Å². The molecule has 0 aliphatic carbocycles. The molecule has 2 aromatic rings. The smallest absolute Gasteiger partial charge is 0.408 e. The Labute approximate surface area is 115 Å². The predicted octanol–water partition coefficient (Wildman–Crippen LogP) is 3.22. The second-order valence-corrected chi connectivity index (χ2v) is 6.28. The van der Waals surface area contributed by atoms with Gasteiger partial charge in [-0.25, -0.2) is 4.57 Å². The number of methoxy groups -OCH3 is 1. The van der Waals surface area contributed by atoms with Crippen LogP contribution in [-0.2, 0) is 4.57 Å². The molecule has 2 aromatic carbocycles. The lowest BCUT2D eigenvalue weighted by Crippen LogP contribution is -2.17. The molecule has 0 amide bonds. The van der Waals surface area contributed by atoms with E-state index in [9.17, 15) is 9.46 Å². The maximum atomic E-state index is 12.2. The van der Waals surface area contributed by atoms with Crippen molar-refractivity contribution in [2.45, 2.75) is 0 Å². The van der Waals surface area contributed by atoms with Crippen molar-refractivity contribution < 1.29 is 18.7 Å². The Morgan fingerprint density at radius 3 is 2.74 bits per heavy atom. The lowest BCUT2D eigenvalue weighted by Gasteiger charge is -2.25. The molecule has 1 unspecified atom stereocenters. The largest absolute Gasteiger partial charge is 0.497 e. The van der Waals surface area contributed by atoms with E-state index in [1.165, 1.54) is 6.07 Å². The molecule has 4 nitrogen and oxygen atoms in total. The van der Waals surface area contributed by atoms with Crippen LogP contribution in [0.15, 0.2) is 36.4 Å². The van der Waals surface area contributed by atoms with E-state index in [0.717, 1.165) is 0 Å². The lowest BCUT2D eigenvalue weighted by atomic mass is 10.0. The fraction of sp³-hybridized carbons (Fsp3) is 0.0769. The number of benzene rings is 2. The van der Waals surface area contributed by atoms with E-state index in [1.54, 1.807) is 37.4 Å². The van der Waals surface area contributed by atoms with Gasteiger partial charge in [0.2, 0.25) is 0 Å². The Balaban J connectivity index is 2.31. The van der Waals surface area contributed by atoms with Gasteiger partial charge in [0.1, 0.15) is 11.5 Å². The number of halogens is 1. The third-order valence-corrected chi connectivity index (χ3v) is 4.62. The molecule has 98 valence electrons. The minimum Gasteiger partial charge on any atom is -0.497 e. The number of ether oxygens (including phenoxy) is 1. The Kier molecular flexibility index (Phi) is 2.82. The van der Waals surface area contributed by atoms with Gasteiger partial charge in [0, 0.05) is 16.1 Å². The second-order valence-electron chi connectivity index (χ2n) is 4.14. The summed E-state index contributed by atoms with van der Waals surface area (Å²) in [7, 11) is -2.32. The number of rotatable bonds is 1. The molecule has 0 saturated carbocycles. The molecule has 0 aromatic heterocycles. The molecule has 0 saturated heterocycles. The molecule has 19 heavy (non-hydrogen) atoms. The zero-order chi connectivity index (χ0) is 13.6. The minimum absolute atomic E-state index is 0.209. The highest BCUT2D eigenvalue weighted by Gasteiger charge is 2.34. The van der Waals surface area contributed by atoms with Crippen LogP contribution >= 0.6 is 19.2 Å². The highest BCUT2D eigenvalue weighted by atomic mass is 35.5. The summed E-state index contributed by atoms with van der Waals surface area (Å²) >= 11 is 5.88. The molecule has 0 bridgehead atoms. The third-order valence-electron chi connectivity index (χ3n) is 2.96. The van der Waals surface area contributed by atoms with E-state index in [0.29, 0.717) is 27.6 Å². The molecule has 1 aliphatic heterocycles. The molecule has 0 fully saturated rings. The Bertz CT molecular complexity index is 714. The quantitative estimate of drug-likeness (QED) is 0.821. The van der Waals surface area contributed by atoms with Gasteiger partial charge in [0.25, 0.3) is 0 Å². The van der Waals surface area contributed by atoms with E-state index in [-0.39, 0.29) is 5.30 Å². The van der Waals surface area contributed by atoms with Gasteiger partial charge in [-0.2, -0.15) is 0 Å². The zero-order valence-corrected chi connectivity index (χ0v) is 11.6. The SMILES string of the molecule is COc1ccc2c(c1)-c1ccc(Cl)cc1P(=O)(O)O2. The van der Waals surface area contributed by atoms with Gasteiger partial charge in [0.05, 0.1) is 12.4 Å². The summed E-state index contributed by atoms with van der Waals surface area (Å²) in [5, 5.41) is 0.601. The first kappa shape index (κ1) is 12.5. The van der Waals surface area contributed by atoms with Gasteiger partial charge >= 0.3 is 7.60 Å². The second kappa shape index (κ2) is 4.27. The normalized spacial score (nSPS) is 20.2. The topological polar surface area (TPSA) is 55.8 Å². The summed E-state index contributed by atoms with van der Waals surface area (Å²) in [6.07, 6.45) is 0. The summed E-state index contributed by atoms with van der Waals surface area (Å²) in [4.78, 5) is 9.97. The highest BCUT2D eigenvalue weighted by molar-refractivity contribution is 7.62. The molecule has 1 atom stereocenters. The van der Waals surface area contributed by atoms with E-state index < -0.39 is 7.60 Å². The molecule has 0 spiro atoms. The molecule has 1 aliphatic rings. The van der Waals surface area contributed by atoms with Crippen LogP contribution in [0.2, 0.25) is 5.02 Å². The summed E-state index contributed by atoms with van der Waals surface area (Å²) in [6.45, 7) is 0. The van der Waals surface area contributed by atoms with Crippen LogP contribution < -0.4 is 14.6 Å². The molecular weight excluding hydrogens is 287 g/mol. The van der Waals surface area contributed by atoms with Crippen molar-refractivity contribution in [1.82, 2.24) is 0 Å². The van der Waals surface area contributed by atoms with Crippen molar-refractivity contribution in [1.29, 1.82) is 0 Å². The van der Waals surface area contributed by atoms with E-state index in [2.05, 4.69) is 0 Å². The number of fused-ring (bicyclic) bond motifs is 3. The first-order valence-corrected chi connectivity index (χ1v) is 7.48. The van der Waals surface area contributed by atoms with Crippen LogP contribution in [0.25, 0.3) is 11.1 Å². The van der Waals surface area contributed by atoms with Crippen LogP contribution in [0.4, 0.5) is 0 Å². The van der Waals surface area contributed by atoms with Gasteiger partial charge in [-0.05, 0) is 30.3 Å². The average Bonchev–Trinajstić information content (AvgIpc) is 2.38. The van der Waals surface area contributed by atoms with Crippen molar-refractivity contribution in [2.75, 3.05) is 7.11 Å². The summed E-state index contributed by atoms with van der Waals surface area (Å²) in [6, 6.07) is 9.91. The zero-order valence-electron chi connectivity index (χ0n) is 9.96. The maximum Gasteiger partial charge on any atom is 0.408 e. The van der Waals surface area contributed by atoms with Crippen molar-refractivity contribution in [2.24, 2.45) is 0 Å². The fourth-order valence-corrected chi connectivity index (χ4v) is 3.65. The standard InChI is InChI=1S/C13H10ClO4P/c1-17-9-3-5-12-11(7-9)10-4-2-8(14)6-13(10)19(15,16)18-12/h2-7H,1H3,(H,15,16). The van der Waals surface area contributed by atoms with E-state index >= 15 is 0 Å². The number of hydrogen-bond donors (Lipinski definition) is 1. The third kappa shape index (κ3) is 2.02. The van der Waals surface area contributed by atoms with Gasteiger partial charge < -0.3 is 14.2 Å². The predicted molar refractivity (Wildman–Crippen MR) is 73.5 cm³/mol. The Morgan fingerprint density at radius 1 is 1.21 bits per heavy atom. The van der Waals surface area contributed by atoms with E-state index in [1.807, 2.05) is 0 Å². The van der Waals surface area contributed by atoms with Crippen molar-refractivity contribution in [3.8, 4) is 22.6 Å².